The summed E-state index contributed by atoms with van der Waals surface area (Å²) < 4.78 is 2.09. The average Bonchev–Trinajstić information content (AvgIpc) is 3.52. The lowest BCUT2D eigenvalue weighted by Gasteiger charge is -2.17. The number of carbonyl (C=O) groups excluding carboxylic acids is 2. The molecule has 1 fully saturated rings. The number of carbonyl (C=O) groups is 2. The molecular formula is C23H28N4O2S. The van der Waals surface area contributed by atoms with Crippen LogP contribution in [0.5, 0.6) is 0 Å². The summed E-state index contributed by atoms with van der Waals surface area (Å²) in [7, 11) is 0. The Balaban J connectivity index is 1.31. The molecule has 0 saturated carbocycles. The van der Waals surface area contributed by atoms with Gasteiger partial charge in [-0.25, -0.2) is 4.98 Å². The smallest absolute Gasteiger partial charge is 0.261 e. The lowest BCUT2D eigenvalue weighted by Crippen LogP contribution is -2.31. The van der Waals surface area contributed by atoms with Crippen molar-refractivity contribution in [3.8, 4) is 0 Å². The molecule has 2 amide bonds. The van der Waals surface area contributed by atoms with Gasteiger partial charge in [0.05, 0.1) is 15.9 Å². The predicted molar refractivity (Wildman–Crippen MR) is 120 cm³/mol. The van der Waals surface area contributed by atoms with Crippen LogP contribution in [0.15, 0.2) is 41.8 Å². The first kappa shape index (κ1) is 20.6. The maximum Gasteiger partial charge on any atom is 0.261 e. The van der Waals surface area contributed by atoms with Gasteiger partial charge in [-0.15, -0.1) is 11.3 Å². The number of hydrogen-bond acceptors (Lipinski definition) is 4. The van der Waals surface area contributed by atoms with Crippen LogP contribution >= 0.6 is 11.3 Å². The summed E-state index contributed by atoms with van der Waals surface area (Å²) in [5.74, 6) is 1.17. The molecule has 4 rings (SSSR count). The van der Waals surface area contributed by atoms with Crippen LogP contribution in [-0.2, 0) is 17.8 Å². The highest BCUT2D eigenvalue weighted by molar-refractivity contribution is 7.12. The van der Waals surface area contributed by atoms with Gasteiger partial charge in [0.25, 0.3) is 5.91 Å². The fourth-order valence-electron chi connectivity index (χ4n) is 3.98. The van der Waals surface area contributed by atoms with Crippen molar-refractivity contribution < 1.29 is 9.59 Å². The van der Waals surface area contributed by atoms with Crippen LogP contribution in [0.1, 0.15) is 47.6 Å². The lowest BCUT2D eigenvalue weighted by atomic mass is 10.2. The van der Waals surface area contributed by atoms with E-state index in [2.05, 4.69) is 9.88 Å². The van der Waals surface area contributed by atoms with E-state index in [0.29, 0.717) is 13.1 Å². The van der Waals surface area contributed by atoms with Crippen LogP contribution in [-0.4, -0.2) is 45.9 Å². The van der Waals surface area contributed by atoms with Gasteiger partial charge in [0.1, 0.15) is 12.4 Å². The van der Waals surface area contributed by atoms with Crippen LogP contribution in [0.2, 0.25) is 0 Å². The first-order valence-electron chi connectivity index (χ1n) is 10.8. The van der Waals surface area contributed by atoms with Gasteiger partial charge in [-0.2, -0.15) is 0 Å². The number of rotatable bonds is 9. The van der Waals surface area contributed by atoms with Gasteiger partial charge in [-0.3, -0.25) is 9.59 Å². The molecule has 0 unspecified atom stereocenters. The summed E-state index contributed by atoms with van der Waals surface area (Å²) in [6, 6.07) is 11.8. The third-order valence-corrected chi connectivity index (χ3v) is 6.46. The van der Waals surface area contributed by atoms with E-state index < -0.39 is 0 Å². The molecule has 0 radical (unpaired) electrons. The van der Waals surface area contributed by atoms with Crippen molar-refractivity contribution in [2.75, 3.05) is 19.6 Å². The molecule has 30 heavy (non-hydrogen) atoms. The molecule has 0 aliphatic carbocycles. The Kier molecular flexibility index (Phi) is 6.79. The van der Waals surface area contributed by atoms with E-state index in [4.69, 9.17) is 4.98 Å². The molecule has 1 aliphatic rings. The quantitative estimate of drug-likeness (QED) is 0.531. The third kappa shape index (κ3) is 4.90. The Morgan fingerprint density at radius 2 is 1.87 bits per heavy atom. The molecule has 3 aromatic rings. The van der Waals surface area contributed by atoms with Gasteiger partial charge in [0.2, 0.25) is 5.91 Å². The number of aromatic nitrogens is 2. The molecule has 0 atom stereocenters. The van der Waals surface area contributed by atoms with Gasteiger partial charge in [0, 0.05) is 26.1 Å². The molecule has 1 saturated heterocycles. The molecule has 0 spiro atoms. The summed E-state index contributed by atoms with van der Waals surface area (Å²) in [5.41, 5.74) is 1.98. The third-order valence-electron chi connectivity index (χ3n) is 5.59. The molecule has 1 aromatic carbocycles. The number of benzene rings is 1. The van der Waals surface area contributed by atoms with Crippen LogP contribution < -0.4 is 5.32 Å². The number of amides is 2. The van der Waals surface area contributed by atoms with E-state index in [0.717, 1.165) is 73.3 Å². The van der Waals surface area contributed by atoms with Crippen molar-refractivity contribution in [2.45, 2.75) is 45.1 Å². The second-order valence-electron chi connectivity index (χ2n) is 7.73. The lowest BCUT2D eigenvalue weighted by molar-refractivity contribution is -0.130. The second kappa shape index (κ2) is 9.89. The minimum absolute atomic E-state index is 0.00668. The summed E-state index contributed by atoms with van der Waals surface area (Å²) in [4.78, 5) is 32.2. The highest BCUT2D eigenvalue weighted by atomic mass is 32.1. The average molecular weight is 425 g/mol. The zero-order chi connectivity index (χ0) is 20.8. The Labute approximate surface area is 180 Å². The van der Waals surface area contributed by atoms with E-state index in [1.807, 2.05) is 46.7 Å². The topological polar surface area (TPSA) is 67.2 Å². The van der Waals surface area contributed by atoms with Crippen LogP contribution in [0.25, 0.3) is 11.0 Å². The number of para-hydroxylation sites is 2. The number of thiophene rings is 1. The number of fused-ring (bicyclic) bond motifs is 1. The van der Waals surface area contributed by atoms with Crippen molar-refractivity contribution in [3.63, 3.8) is 0 Å². The maximum absolute atomic E-state index is 12.7. The Morgan fingerprint density at radius 1 is 1.03 bits per heavy atom. The Morgan fingerprint density at radius 3 is 2.67 bits per heavy atom. The second-order valence-corrected chi connectivity index (χ2v) is 8.68. The summed E-state index contributed by atoms with van der Waals surface area (Å²) in [6.07, 6.45) is 5.97. The van der Waals surface area contributed by atoms with Gasteiger partial charge in [-0.05, 0) is 49.3 Å². The number of likely N-dealkylation sites (tertiary alicyclic amines) is 1. The molecule has 158 valence electrons. The largest absolute Gasteiger partial charge is 0.351 e. The van der Waals surface area contributed by atoms with Gasteiger partial charge in [0.15, 0.2) is 0 Å². The first-order valence-corrected chi connectivity index (χ1v) is 11.6. The molecule has 0 bridgehead atoms. The number of nitrogens with zero attached hydrogens (tertiary/aromatic N) is 3. The maximum atomic E-state index is 12.7. The summed E-state index contributed by atoms with van der Waals surface area (Å²) >= 11 is 1.46. The zero-order valence-electron chi connectivity index (χ0n) is 17.2. The Bertz CT molecular complexity index is 990. The van der Waals surface area contributed by atoms with Crippen molar-refractivity contribution in [1.29, 1.82) is 0 Å². The number of aryl methyl sites for hydroxylation is 1. The van der Waals surface area contributed by atoms with E-state index >= 15 is 0 Å². The minimum Gasteiger partial charge on any atom is -0.351 e. The predicted octanol–water partition coefficient (Wildman–Crippen LogP) is 3.86. The summed E-state index contributed by atoms with van der Waals surface area (Å²) in [6.45, 7) is 2.79. The fourth-order valence-corrected chi connectivity index (χ4v) is 4.62. The van der Waals surface area contributed by atoms with E-state index in [1.54, 1.807) is 0 Å². The minimum atomic E-state index is 0.00668. The van der Waals surface area contributed by atoms with Crippen LogP contribution in [0.4, 0.5) is 0 Å². The van der Waals surface area contributed by atoms with Crippen LogP contribution in [0.3, 0.4) is 0 Å². The number of nitrogens with one attached hydrogen (secondary N) is 1. The van der Waals surface area contributed by atoms with Crippen LogP contribution in [0, 0.1) is 0 Å². The highest BCUT2D eigenvalue weighted by Crippen LogP contribution is 2.19. The van der Waals surface area contributed by atoms with E-state index in [-0.39, 0.29) is 11.8 Å². The van der Waals surface area contributed by atoms with Gasteiger partial charge >= 0.3 is 0 Å². The molecule has 1 N–H and O–H groups in total. The van der Waals surface area contributed by atoms with Crippen molar-refractivity contribution >= 4 is 34.2 Å². The van der Waals surface area contributed by atoms with Crippen molar-refractivity contribution in [3.05, 3.63) is 52.5 Å². The monoisotopic (exact) mass is 424 g/mol. The molecule has 1 aliphatic heterocycles. The SMILES string of the molecule is O=C(NCCCCCc1nc2ccccc2n1CC(=O)N1CCCC1)c1cccs1. The van der Waals surface area contributed by atoms with Gasteiger partial charge in [-0.1, -0.05) is 24.6 Å². The van der Waals surface area contributed by atoms with E-state index in [9.17, 15) is 9.59 Å². The van der Waals surface area contributed by atoms with E-state index in [1.165, 1.54) is 11.3 Å². The van der Waals surface area contributed by atoms with Crippen molar-refractivity contribution in [2.24, 2.45) is 0 Å². The molecule has 6 nitrogen and oxygen atoms in total. The Hall–Kier alpha value is -2.67. The number of hydrogen-bond donors (Lipinski definition) is 1. The zero-order valence-corrected chi connectivity index (χ0v) is 18.0. The first-order chi connectivity index (χ1) is 14.7. The molecular weight excluding hydrogens is 396 g/mol. The molecule has 3 heterocycles. The normalized spacial score (nSPS) is 13.8. The van der Waals surface area contributed by atoms with Crippen molar-refractivity contribution in [1.82, 2.24) is 19.8 Å². The van der Waals surface area contributed by atoms with Gasteiger partial charge < -0.3 is 14.8 Å². The summed E-state index contributed by atoms with van der Waals surface area (Å²) in [5, 5.41) is 4.89. The fraction of sp³-hybridized carbons (Fsp3) is 0.435. The molecule has 2 aromatic heterocycles. The standard InChI is InChI=1S/C23H28N4O2S/c28-22(26-14-6-7-15-26)17-27-19-10-4-3-9-18(19)25-21(27)12-2-1-5-13-24-23(29)20-11-8-16-30-20/h3-4,8-11,16H,1-2,5-7,12-15,17H2,(H,24,29). The highest BCUT2D eigenvalue weighted by Gasteiger charge is 2.20. The number of imidazole rings is 1. The molecule has 7 heteroatoms. The number of unbranched alkanes of at least 4 members (excludes halogenated alkanes) is 2.